The van der Waals surface area contributed by atoms with Gasteiger partial charge in [-0.05, 0) is 97.0 Å². The van der Waals surface area contributed by atoms with Gasteiger partial charge in [0.2, 0.25) is 0 Å². The first-order valence-corrected chi connectivity index (χ1v) is 18.0. The number of benzene rings is 4. The molecule has 4 aromatic carbocycles. The van der Waals surface area contributed by atoms with Crippen LogP contribution in [0.3, 0.4) is 0 Å². The van der Waals surface area contributed by atoms with Gasteiger partial charge in [0.25, 0.3) is 0 Å². The second kappa shape index (κ2) is 10.4. The average molecular weight is 648 g/mol. The molecule has 0 bridgehead atoms. The number of nitrogens with zero attached hydrogens (tertiary/aromatic N) is 1. The Balaban J connectivity index is 1.43. The summed E-state index contributed by atoms with van der Waals surface area (Å²) < 4.78 is 13.1. The summed E-state index contributed by atoms with van der Waals surface area (Å²) in [6.07, 6.45) is 8.02. The number of hydrogen-bond acceptors (Lipinski definition) is 3. The maximum atomic E-state index is 6.62. The standard InChI is InChI=1S/C45H50BNO2/c1-42(2,3)27-16-19-35-31(22-27)32-23-29(44(7,8)9)25-34-41(32)47(36-20-17-28(43(4,5)6)24-33(36)45(34,10)11)46(35)30-18-21-39-40(26-30)49-38-15-13-12-14-37(38)48-39/h12-26,37-38H,1-11H3. The summed E-state index contributed by atoms with van der Waals surface area (Å²) in [6.45, 7) is 25.7. The summed E-state index contributed by atoms with van der Waals surface area (Å²) in [7, 11) is 0. The molecule has 2 unspecified atom stereocenters. The van der Waals surface area contributed by atoms with Crippen LogP contribution in [0.5, 0.6) is 11.5 Å². The average Bonchev–Trinajstić information content (AvgIpc) is 3.03. The number of ether oxygens (including phenoxy) is 2. The van der Waals surface area contributed by atoms with Gasteiger partial charge in [-0.15, -0.1) is 0 Å². The van der Waals surface area contributed by atoms with Crippen LogP contribution in [0, 0.1) is 0 Å². The van der Waals surface area contributed by atoms with Crippen LogP contribution >= 0.6 is 0 Å². The van der Waals surface area contributed by atoms with Crippen molar-refractivity contribution >= 4 is 29.1 Å². The van der Waals surface area contributed by atoms with Crippen LogP contribution in [0.1, 0.15) is 104 Å². The van der Waals surface area contributed by atoms with Crippen LogP contribution in [-0.2, 0) is 21.7 Å². The number of hydrogen-bond donors (Lipinski definition) is 0. The molecule has 0 saturated carbocycles. The van der Waals surface area contributed by atoms with Crippen LogP contribution in [0.15, 0.2) is 91.0 Å². The molecule has 0 aromatic heterocycles. The van der Waals surface area contributed by atoms with Crippen molar-refractivity contribution in [2.24, 2.45) is 0 Å². The van der Waals surface area contributed by atoms with Gasteiger partial charge in [0.05, 0.1) is 0 Å². The molecule has 4 aromatic rings. The zero-order chi connectivity index (χ0) is 34.8. The third-order valence-electron chi connectivity index (χ3n) is 11.3. The second-order valence-corrected chi connectivity index (χ2v) is 18.2. The Morgan fingerprint density at radius 2 is 1.16 bits per heavy atom. The van der Waals surface area contributed by atoms with Gasteiger partial charge in [0, 0.05) is 22.4 Å². The highest BCUT2D eigenvalue weighted by Crippen LogP contribution is 2.56. The molecular weight excluding hydrogens is 597 g/mol. The summed E-state index contributed by atoms with van der Waals surface area (Å²) in [5.74, 6) is 1.61. The maximum absolute atomic E-state index is 6.62. The van der Waals surface area contributed by atoms with Crippen LogP contribution in [0.25, 0.3) is 11.1 Å². The van der Waals surface area contributed by atoms with Crippen LogP contribution in [0.2, 0.25) is 0 Å². The summed E-state index contributed by atoms with van der Waals surface area (Å²) in [5.41, 5.74) is 14.5. The fourth-order valence-electron chi connectivity index (χ4n) is 8.17. The van der Waals surface area contributed by atoms with Crippen molar-refractivity contribution in [3.63, 3.8) is 0 Å². The fraction of sp³-hybridized carbons (Fsp3) is 0.378. The van der Waals surface area contributed by atoms with Gasteiger partial charge in [-0.25, -0.2) is 0 Å². The van der Waals surface area contributed by atoms with Crippen LogP contribution in [-0.4, -0.2) is 19.1 Å². The van der Waals surface area contributed by atoms with E-state index in [2.05, 4.69) is 160 Å². The Morgan fingerprint density at radius 1 is 0.592 bits per heavy atom. The minimum absolute atomic E-state index is 0.00489. The van der Waals surface area contributed by atoms with E-state index < -0.39 is 0 Å². The molecule has 1 aliphatic carbocycles. The van der Waals surface area contributed by atoms with Crippen molar-refractivity contribution in [3.05, 3.63) is 119 Å². The van der Waals surface area contributed by atoms with Gasteiger partial charge in [-0.3, -0.25) is 0 Å². The number of allylic oxidation sites excluding steroid dienone is 2. The Kier molecular flexibility index (Phi) is 6.82. The molecule has 250 valence electrons. The first kappa shape index (κ1) is 32.1. The van der Waals surface area contributed by atoms with E-state index >= 15 is 0 Å². The lowest BCUT2D eigenvalue weighted by atomic mass is 9.44. The number of fused-ring (bicyclic) bond motifs is 6. The van der Waals surface area contributed by atoms with Crippen molar-refractivity contribution in [1.82, 2.24) is 0 Å². The molecule has 2 atom stereocenters. The molecule has 8 rings (SSSR count). The van der Waals surface area contributed by atoms with E-state index in [9.17, 15) is 0 Å². The summed E-state index contributed by atoms with van der Waals surface area (Å²) in [4.78, 5) is 2.65. The lowest BCUT2D eigenvalue weighted by Crippen LogP contribution is -2.59. The molecule has 0 spiro atoms. The fourth-order valence-corrected chi connectivity index (χ4v) is 8.17. The lowest BCUT2D eigenvalue weighted by molar-refractivity contribution is 0.0757. The maximum Gasteiger partial charge on any atom is 0.328 e. The molecule has 3 aliphatic heterocycles. The van der Waals surface area contributed by atoms with Gasteiger partial charge in [-0.2, -0.15) is 0 Å². The Bertz CT molecular complexity index is 2080. The quantitative estimate of drug-likeness (QED) is 0.192. The molecule has 0 radical (unpaired) electrons. The summed E-state index contributed by atoms with van der Waals surface area (Å²) in [6, 6.07) is 26.1. The van der Waals surface area contributed by atoms with Crippen molar-refractivity contribution < 1.29 is 9.47 Å². The molecule has 0 N–H and O–H groups in total. The van der Waals surface area contributed by atoms with Crippen molar-refractivity contribution in [2.45, 2.75) is 110 Å². The Morgan fingerprint density at radius 3 is 1.82 bits per heavy atom. The highest BCUT2D eigenvalue weighted by molar-refractivity contribution is 6.91. The smallest absolute Gasteiger partial charge is 0.328 e. The first-order chi connectivity index (χ1) is 22.9. The van der Waals surface area contributed by atoms with E-state index in [4.69, 9.17) is 9.47 Å². The first-order valence-electron chi connectivity index (χ1n) is 18.0. The van der Waals surface area contributed by atoms with Gasteiger partial charge < -0.3 is 14.3 Å². The van der Waals surface area contributed by atoms with Gasteiger partial charge in [-0.1, -0.05) is 131 Å². The third kappa shape index (κ3) is 5.00. The zero-order valence-corrected chi connectivity index (χ0v) is 31.2. The molecular formula is C45H50BNO2. The van der Waals surface area contributed by atoms with Crippen molar-refractivity contribution in [3.8, 4) is 22.6 Å². The molecule has 49 heavy (non-hydrogen) atoms. The zero-order valence-electron chi connectivity index (χ0n) is 31.2. The lowest BCUT2D eigenvalue weighted by Gasteiger charge is -2.49. The van der Waals surface area contributed by atoms with Crippen LogP contribution < -0.4 is 25.2 Å². The molecule has 0 fully saturated rings. The van der Waals surface area contributed by atoms with Crippen molar-refractivity contribution in [1.29, 1.82) is 0 Å². The second-order valence-electron chi connectivity index (χ2n) is 18.2. The summed E-state index contributed by atoms with van der Waals surface area (Å²) in [5, 5.41) is 0. The van der Waals surface area contributed by atoms with Crippen LogP contribution in [0.4, 0.5) is 11.4 Å². The SMILES string of the molecule is CC(C)(C)c1ccc2c(c1)-c1cc(C(C)(C)C)cc3c1N(B2c1ccc2c(c1)OC1C=CC=CC1O2)c1ccc(C(C)(C)C)cc1C3(C)C. The molecule has 3 heterocycles. The molecule has 4 aliphatic rings. The highest BCUT2D eigenvalue weighted by Gasteiger charge is 2.47. The number of anilines is 2. The van der Waals surface area contributed by atoms with E-state index in [0.29, 0.717) is 0 Å². The minimum atomic E-state index is -0.204. The highest BCUT2D eigenvalue weighted by atomic mass is 16.6. The largest absolute Gasteiger partial charge is 0.478 e. The van der Waals surface area contributed by atoms with E-state index in [0.717, 1.165) is 11.5 Å². The predicted molar refractivity (Wildman–Crippen MR) is 207 cm³/mol. The Labute approximate surface area is 294 Å². The summed E-state index contributed by atoms with van der Waals surface area (Å²) >= 11 is 0. The monoisotopic (exact) mass is 647 g/mol. The molecule has 4 heteroatoms. The molecule has 3 nitrogen and oxygen atoms in total. The van der Waals surface area contributed by atoms with E-state index in [1.54, 1.807) is 0 Å². The van der Waals surface area contributed by atoms with E-state index in [1.807, 2.05) is 12.2 Å². The minimum Gasteiger partial charge on any atom is -0.478 e. The molecule has 0 saturated heterocycles. The van der Waals surface area contributed by atoms with Crippen molar-refractivity contribution in [2.75, 3.05) is 4.81 Å². The third-order valence-corrected chi connectivity index (χ3v) is 11.3. The van der Waals surface area contributed by atoms with E-state index in [1.165, 1.54) is 61.2 Å². The Hall–Kier alpha value is -4.18. The van der Waals surface area contributed by atoms with Gasteiger partial charge >= 0.3 is 6.85 Å². The molecule has 0 amide bonds. The van der Waals surface area contributed by atoms with E-state index in [-0.39, 0.29) is 40.7 Å². The number of rotatable bonds is 1. The van der Waals surface area contributed by atoms with Gasteiger partial charge in [0.1, 0.15) is 0 Å². The topological polar surface area (TPSA) is 21.7 Å². The normalized spacial score (nSPS) is 20.0. The van der Waals surface area contributed by atoms with Gasteiger partial charge in [0.15, 0.2) is 23.7 Å². The predicted octanol–water partition coefficient (Wildman–Crippen LogP) is 9.78.